The normalized spacial score (nSPS) is 19.3. The maximum atomic E-state index is 12.9. The zero-order chi connectivity index (χ0) is 18.4. The Morgan fingerprint density at radius 1 is 1.33 bits per heavy atom. The van der Waals surface area contributed by atoms with Gasteiger partial charge in [-0.15, -0.1) is 11.8 Å². The van der Waals surface area contributed by atoms with Gasteiger partial charge in [0.1, 0.15) is 9.98 Å². The Balaban J connectivity index is 2.62. The molecule has 0 spiro atoms. The van der Waals surface area contributed by atoms with E-state index < -0.39 is 23.1 Å². The van der Waals surface area contributed by atoms with Crippen molar-refractivity contribution < 1.29 is 23.1 Å². The standard InChI is InChI=1S/C13H10BrCl2F3N2O2S/c1-20-11(24-2)8(12(22)23)10(14)21(20)9-6(15)3-5(4-7(9)16)13(17,18)19/h3-4,11H,1-2H3,(H,22,23). The van der Waals surface area contributed by atoms with Crippen LogP contribution in [-0.4, -0.2) is 34.8 Å². The third-order valence-electron chi connectivity index (χ3n) is 3.32. The number of carboxylic acids is 1. The first-order chi connectivity index (χ1) is 11.0. The highest BCUT2D eigenvalue weighted by atomic mass is 79.9. The van der Waals surface area contributed by atoms with Crippen LogP contribution in [0.2, 0.25) is 10.0 Å². The minimum atomic E-state index is -4.59. The van der Waals surface area contributed by atoms with Crippen molar-refractivity contribution in [3.63, 3.8) is 0 Å². The average molecular weight is 466 g/mol. The average Bonchev–Trinajstić information content (AvgIpc) is 2.69. The SMILES string of the molecule is CSC1C(C(=O)O)=C(Br)N(c2c(Cl)cc(C(F)(F)F)cc2Cl)N1C. The van der Waals surface area contributed by atoms with Gasteiger partial charge >= 0.3 is 12.1 Å². The number of likely N-dealkylation sites (N-methyl/N-ethyl adjacent to an activating group) is 1. The number of nitrogens with zero attached hydrogens (tertiary/aromatic N) is 2. The monoisotopic (exact) mass is 464 g/mol. The molecule has 1 unspecified atom stereocenters. The molecule has 4 nitrogen and oxygen atoms in total. The molecule has 1 aromatic carbocycles. The lowest BCUT2D eigenvalue weighted by atomic mass is 10.2. The zero-order valence-electron chi connectivity index (χ0n) is 12.2. The number of rotatable bonds is 3. The number of alkyl halides is 3. The number of thioether (sulfide) groups is 1. The molecule has 2 rings (SSSR count). The van der Waals surface area contributed by atoms with Crippen LogP contribution in [0.25, 0.3) is 0 Å². The Kier molecular flexibility index (Phi) is 5.71. The molecule has 0 saturated carbocycles. The second-order valence-corrected chi connectivity index (χ2v) is 7.25. The number of anilines is 1. The molecule has 1 heterocycles. The maximum Gasteiger partial charge on any atom is 0.416 e. The summed E-state index contributed by atoms with van der Waals surface area (Å²) in [6.07, 6.45) is -2.88. The van der Waals surface area contributed by atoms with Crippen LogP contribution < -0.4 is 5.01 Å². The summed E-state index contributed by atoms with van der Waals surface area (Å²) in [7, 11) is 1.59. The van der Waals surface area contributed by atoms with Crippen LogP contribution in [0.3, 0.4) is 0 Å². The number of hydrazine groups is 1. The van der Waals surface area contributed by atoms with Crippen LogP contribution >= 0.6 is 50.9 Å². The van der Waals surface area contributed by atoms with E-state index in [1.807, 2.05) is 0 Å². The summed E-state index contributed by atoms with van der Waals surface area (Å²) in [5, 5.41) is 11.2. The summed E-state index contributed by atoms with van der Waals surface area (Å²) in [5.41, 5.74) is -0.879. The topological polar surface area (TPSA) is 43.8 Å². The molecule has 0 radical (unpaired) electrons. The molecular formula is C13H10BrCl2F3N2O2S. The third kappa shape index (κ3) is 3.37. The first kappa shape index (κ1) is 19.7. The molecule has 1 aliphatic heterocycles. The number of carbonyl (C=O) groups is 1. The van der Waals surface area contributed by atoms with Crippen molar-refractivity contribution in [3.05, 3.63) is 37.9 Å². The van der Waals surface area contributed by atoms with Gasteiger partial charge in [-0.25, -0.2) is 9.80 Å². The summed E-state index contributed by atoms with van der Waals surface area (Å²) >= 11 is 16.5. The molecular weight excluding hydrogens is 456 g/mol. The number of aliphatic carboxylic acids is 1. The lowest BCUT2D eigenvalue weighted by Gasteiger charge is -2.31. The quantitative estimate of drug-likeness (QED) is 0.632. The lowest BCUT2D eigenvalue weighted by molar-refractivity contribution is -0.137. The van der Waals surface area contributed by atoms with Gasteiger partial charge in [-0.1, -0.05) is 23.2 Å². The molecule has 0 amide bonds. The van der Waals surface area contributed by atoms with E-state index >= 15 is 0 Å². The molecule has 132 valence electrons. The summed E-state index contributed by atoms with van der Waals surface area (Å²) in [6.45, 7) is 0. The molecule has 1 aromatic rings. The van der Waals surface area contributed by atoms with E-state index in [-0.39, 0.29) is 25.9 Å². The molecule has 1 aliphatic rings. The molecule has 0 bridgehead atoms. The fourth-order valence-electron chi connectivity index (χ4n) is 2.30. The van der Waals surface area contributed by atoms with Crippen molar-refractivity contribution in [1.29, 1.82) is 0 Å². The van der Waals surface area contributed by atoms with Crippen LogP contribution in [0, 0.1) is 0 Å². The summed E-state index contributed by atoms with van der Waals surface area (Å²) in [5.74, 6) is -1.16. The number of halogens is 6. The smallest absolute Gasteiger partial charge is 0.416 e. The van der Waals surface area contributed by atoms with Gasteiger partial charge in [-0.2, -0.15) is 13.2 Å². The Morgan fingerprint density at radius 2 is 1.83 bits per heavy atom. The first-order valence-corrected chi connectivity index (χ1v) is 9.09. The Morgan fingerprint density at radius 3 is 2.17 bits per heavy atom. The minimum Gasteiger partial charge on any atom is -0.478 e. The molecule has 0 aromatic heterocycles. The van der Waals surface area contributed by atoms with Crippen molar-refractivity contribution in [2.75, 3.05) is 18.3 Å². The highest BCUT2D eigenvalue weighted by molar-refractivity contribution is 9.11. The van der Waals surface area contributed by atoms with Crippen molar-refractivity contribution in [3.8, 4) is 0 Å². The van der Waals surface area contributed by atoms with Gasteiger partial charge in [-0.3, -0.25) is 5.01 Å². The van der Waals surface area contributed by atoms with Gasteiger partial charge in [0.15, 0.2) is 0 Å². The first-order valence-electron chi connectivity index (χ1n) is 6.25. The zero-order valence-corrected chi connectivity index (χ0v) is 16.1. The number of hydrogen-bond acceptors (Lipinski definition) is 4. The van der Waals surface area contributed by atoms with Crippen LogP contribution in [0.15, 0.2) is 22.3 Å². The maximum absolute atomic E-state index is 12.9. The Hall–Kier alpha value is -0.610. The van der Waals surface area contributed by atoms with E-state index in [9.17, 15) is 23.1 Å². The predicted molar refractivity (Wildman–Crippen MR) is 92.6 cm³/mol. The summed E-state index contributed by atoms with van der Waals surface area (Å²) in [4.78, 5) is 11.5. The lowest BCUT2D eigenvalue weighted by Crippen LogP contribution is -2.38. The van der Waals surface area contributed by atoms with Crippen molar-refractivity contribution in [2.45, 2.75) is 11.6 Å². The fraction of sp³-hybridized carbons (Fsp3) is 0.308. The van der Waals surface area contributed by atoms with E-state index in [2.05, 4.69) is 15.9 Å². The van der Waals surface area contributed by atoms with E-state index in [1.54, 1.807) is 13.3 Å². The fourth-order valence-corrected chi connectivity index (χ4v) is 4.76. The third-order valence-corrected chi connectivity index (χ3v) is 5.65. The number of hydrogen-bond donors (Lipinski definition) is 1. The minimum absolute atomic E-state index is 0.0389. The largest absolute Gasteiger partial charge is 0.478 e. The predicted octanol–water partition coefficient (Wildman–Crippen LogP) is 5.06. The van der Waals surface area contributed by atoms with Crippen LogP contribution in [0.1, 0.15) is 5.56 Å². The van der Waals surface area contributed by atoms with Crippen molar-refractivity contribution >= 4 is 62.6 Å². The molecule has 1 N–H and O–H groups in total. The molecule has 24 heavy (non-hydrogen) atoms. The summed E-state index contributed by atoms with van der Waals surface area (Å²) in [6, 6.07) is 1.51. The molecule has 0 fully saturated rings. The Bertz CT molecular complexity index is 707. The van der Waals surface area contributed by atoms with Crippen molar-refractivity contribution in [1.82, 2.24) is 5.01 Å². The molecule has 0 aliphatic carbocycles. The van der Waals surface area contributed by atoms with Crippen molar-refractivity contribution in [2.24, 2.45) is 0 Å². The highest BCUT2D eigenvalue weighted by Crippen LogP contribution is 2.47. The van der Waals surface area contributed by atoms with E-state index in [0.717, 1.165) is 12.1 Å². The van der Waals surface area contributed by atoms with Crippen LogP contribution in [0.5, 0.6) is 0 Å². The van der Waals surface area contributed by atoms with Gasteiger partial charge in [0.2, 0.25) is 0 Å². The molecule has 0 saturated heterocycles. The molecule has 1 atom stereocenters. The second kappa shape index (κ2) is 6.95. The van der Waals surface area contributed by atoms with E-state index in [0.29, 0.717) is 0 Å². The van der Waals surface area contributed by atoms with Gasteiger partial charge in [-0.05, 0) is 34.3 Å². The number of carboxylic acid groups (broad SMARTS) is 1. The van der Waals surface area contributed by atoms with E-state index in [1.165, 1.54) is 21.8 Å². The molecule has 11 heteroatoms. The van der Waals surface area contributed by atoms with E-state index in [4.69, 9.17) is 23.2 Å². The second-order valence-electron chi connectivity index (χ2n) is 4.77. The van der Waals surface area contributed by atoms with Gasteiger partial charge in [0, 0.05) is 7.05 Å². The highest BCUT2D eigenvalue weighted by Gasteiger charge is 2.42. The van der Waals surface area contributed by atoms with Gasteiger partial charge in [0.05, 0.1) is 26.9 Å². The van der Waals surface area contributed by atoms with Gasteiger partial charge < -0.3 is 5.11 Å². The number of benzene rings is 1. The van der Waals surface area contributed by atoms with Gasteiger partial charge in [0.25, 0.3) is 0 Å². The Labute approximate surface area is 158 Å². The van der Waals surface area contributed by atoms with Crippen LogP contribution in [-0.2, 0) is 11.0 Å². The summed E-state index contributed by atoms with van der Waals surface area (Å²) < 4.78 is 38.7. The van der Waals surface area contributed by atoms with Crippen LogP contribution in [0.4, 0.5) is 18.9 Å².